The largest absolute Gasteiger partial charge is 0.492 e. The quantitative estimate of drug-likeness (QED) is 0.773. The van der Waals surface area contributed by atoms with Crippen LogP contribution in [0.15, 0.2) is 42.7 Å². The van der Waals surface area contributed by atoms with Crippen molar-refractivity contribution < 1.29 is 9.53 Å². The summed E-state index contributed by atoms with van der Waals surface area (Å²) >= 11 is 6.17. The van der Waals surface area contributed by atoms with Crippen LogP contribution in [0.3, 0.4) is 0 Å². The van der Waals surface area contributed by atoms with Crippen molar-refractivity contribution >= 4 is 17.5 Å². The number of hydrogen-bond donors (Lipinski definition) is 0. The lowest BCUT2D eigenvalue weighted by Gasteiger charge is -2.21. The molecule has 0 saturated heterocycles. The van der Waals surface area contributed by atoms with Crippen LogP contribution in [0.25, 0.3) is 0 Å². The molecule has 0 unspecified atom stereocenters. The number of pyridine rings is 1. The average Bonchev–Trinajstić information content (AvgIpc) is 2.58. The van der Waals surface area contributed by atoms with Crippen LogP contribution in [0, 0.1) is 0 Å². The highest BCUT2D eigenvalue weighted by Crippen LogP contribution is 2.26. The lowest BCUT2D eigenvalue weighted by atomic mass is 10.1. The molecular formula is C18H21ClN2O2. The monoisotopic (exact) mass is 332 g/mol. The molecule has 5 heteroatoms. The van der Waals surface area contributed by atoms with E-state index in [0.29, 0.717) is 36.0 Å². The second-order valence-corrected chi connectivity index (χ2v) is 5.48. The number of ether oxygens (including phenoxy) is 1. The van der Waals surface area contributed by atoms with Gasteiger partial charge in [0.1, 0.15) is 5.75 Å². The zero-order chi connectivity index (χ0) is 16.7. The van der Waals surface area contributed by atoms with Gasteiger partial charge < -0.3 is 9.64 Å². The minimum Gasteiger partial charge on any atom is -0.492 e. The third kappa shape index (κ3) is 4.70. The molecule has 4 nitrogen and oxygen atoms in total. The maximum Gasteiger partial charge on any atom is 0.253 e. The first kappa shape index (κ1) is 17.3. The third-order valence-electron chi connectivity index (χ3n) is 3.57. The topological polar surface area (TPSA) is 42.4 Å². The molecule has 1 aromatic heterocycles. The highest BCUT2D eigenvalue weighted by molar-refractivity contribution is 6.32. The van der Waals surface area contributed by atoms with Crippen LogP contribution in [0.1, 0.15) is 29.8 Å². The molecule has 0 saturated carbocycles. The zero-order valence-corrected chi connectivity index (χ0v) is 14.2. The van der Waals surface area contributed by atoms with E-state index in [1.54, 1.807) is 30.6 Å². The molecule has 2 aromatic rings. The molecule has 0 aliphatic rings. The van der Waals surface area contributed by atoms with Crippen LogP contribution >= 0.6 is 11.6 Å². The van der Waals surface area contributed by atoms with Crippen molar-refractivity contribution in [3.8, 4) is 5.75 Å². The van der Waals surface area contributed by atoms with E-state index in [1.807, 2.05) is 30.9 Å². The number of halogens is 1. The number of carbonyl (C=O) groups excluding carboxylic acids is 1. The van der Waals surface area contributed by atoms with Crippen molar-refractivity contribution in [3.05, 3.63) is 58.9 Å². The maximum atomic E-state index is 12.6. The zero-order valence-electron chi connectivity index (χ0n) is 13.5. The standard InChI is InChI=1S/C18H21ClN2O2/c1-3-21(12-9-14-7-10-20-11-8-14)18(22)15-5-6-17(23-4-2)16(19)13-15/h5-8,10-11,13H,3-4,9,12H2,1-2H3. The van der Waals surface area contributed by atoms with E-state index < -0.39 is 0 Å². The number of rotatable bonds is 7. The predicted octanol–water partition coefficient (Wildman–Crippen LogP) is 3.84. The first-order valence-electron chi connectivity index (χ1n) is 7.76. The molecule has 1 aromatic carbocycles. The van der Waals surface area contributed by atoms with Gasteiger partial charge in [-0.2, -0.15) is 0 Å². The van der Waals surface area contributed by atoms with Crippen molar-refractivity contribution in [2.75, 3.05) is 19.7 Å². The summed E-state index contributed by atoms with van der Waals surface area (Å²) in [6.45, 7) is 5.72. The highest BCUT2D eigenvalue weighted by atomic mass is 35.5. The summed E-state index contributed by atoms with van der Waals surface area (Å²) in [7, 11) is 0. The summed E-state index contributed by atoms with van der Waals surface area (Å²) < 4.78 is 5.40. The number of nitrogens with zero attached hydrogens (tertiary/aromatic N) is 2. The minimum atomic E-state index is -0.0218. The van der Waals surface area contributed by atoms with Crippen LogP contribution < -0.4 is 4.74 Å². The number of carbonyl (C=O) groups is 1. The van der Waals surface area contributed by atoms with Crippen LogP contribution in [0.2, 0.25) is 5.02 Å². The Bertz CT molecular complexity index is 647. The summed E-state index contributed by atoms with van der Waals surface area (Å²) in [6, 6.07) is 9.10. The normalized spacial score (nSPS) is 10.4. The SMILES string of the molecule is CCOc1ccc(C(=O)N(CC)CCc2ccncc2)cc1Cl. The Morgan fingerprint density at radius 3 is 2.57 bits per heavy atom. The van der Waals surface area contributed by atoms with Gasteiger partial charge in [-0.25, -0.2) is 0 Å². The first-order valence-corrected chi connectivity index (χ1v) is 8.14. The Morgan fingerprint density at radius 2 is 1.96 bits per heavy atom. The van der Waals surface area contributed by atoms with Crippen molar-refractivity contribution in [2.24, 2.45) is 0 Å². The molecular weight excluding hydrogens is 312 g/mol. The predicted molar refractivity (Wildman–Crippen MR) is 92.1 cm³/mol. The van der Waals surface area contributed by atoms with Crippen LogP contribution in [0.5, 0.6) is 5.75 Å². The fourth-order valence-electron chi connectivity index (χ4n) is 2.31. The molecule has 0 aliphatic carbocycles. The lowest BCUT2D eigenvalue weighted by molar-refractivity contribution is 0.0766. The number of hydrogen-bond acceptors (Lipinski definition) is 3. The van der Waals surface area contributed by atoms with Gasteiger partial charge in [0, 0.05) is 31.0 Å². The number of benzene rings is 1. The first-order chi connectivity index (χ1) is 11.2. The minimum absolute atomic E-state index is 0.0218. The van der Waals surface area contributed by atoms with Gasteiger partial charge >= 0.3 is 0 Å². The second-order valence-electron chi connectivity index (χ2n) is 5.07. The molecule has 1 amide bonds. The summed E-state index contributed by atoms with van der Waals surface area (Å²) in [6.07, 6.45) is 4.33. The van der Waals surface area contributed by atoms with E-state index in [1.165, 1.54) is 0 Å². The average molecular weight is 333 g/mol. The van der Waals surface area contributed by atoms with E-state index in [0.717, 1.165) is 12.0 Å². The van der Waals surface area contributed by atoms with Crippen molar-refractivity contribution in [2.45, 2.75) is 20.3 Å². The van der Waals surface area contributed by atoms with Crippen molar-refractivity contribution in [3.63, 3.8) is 0 Å². The van der Waals surface area contributed by atoms with E-state index in [4.69, 9.17) is 16.3 Å². The van der Waals surface area contributed by atoms with Gasteiger partial charge in [0.15, 0.2) is 0 Å². The third-order valence-corrected chi connectivity index (χ3v) is 3.86. The van der Waals surface area contributed by atoms with Crippen LogP contribution in [0.4, 0.5) is 0 Å². The van der Waals surface area contributed by atoms with Gasteiger partial charge in [-0.3, -0.25) is 9.78 Å². The Morgan fingerprint density at radius 1 is 1.22 bits per heavy atom. The van der Waals surface area contributed by atoms with E-state index in [-0.39, 0.29) is 5.91 Å². The van der Waals surface area contributed by atoms with E-state index >= 15 is 0 Å². The van der Waals surface area contributed by atoms with Gasteiger partial charge in [-0.05, 0) is 56.2 Å². The Kier molecular flexibility index (Phi) is 6.41. The van der Waals surface area contributed by atoms with E-state index in [2.05, 4.69) is 4.98 Å². The van der Waals surface area contributed by atoms with Gasteiger partial charge in [-0.1, -0.05) is 11.6 Å². The van der Waals surface area contributed by atoms with Crippen LogP contribution in [-0.2, 0) is 6.42 Å². The smallest absolute Gasteiger partial charge is 0.253 e. The maximum absolute atomic E-state index is 12.6. The van der Waals surface area contributed by atoms with Crippen molar-refractivity contribution in [1.82, 2.24) is 9.88 Å². The molecule has 2 rings (SSSR count). The Hall–Kier alpha value is -2.07. The molecule has 0 N–H and O–H groups in total. The molecule has 23 heavy (non-hydrogen) atoms. The van der Waals surface area contributed by atoms with Gasteiger partial charge in [0.05, 0.1) is 11.6 Å². The molecule has 0 aliphatic heterocycles. The summed E-state index contributed by atoms with van der Waals surface area (Å²) in [5.41, 5.74) is 1.74. The van der Waals surface area contributed by atoms with Gasteiger partial charge in [0.25, 0.3) is 5.91 Å². The molecule has 0 bridgehead atoms. The molecule has 0 atom stereocenters. The van der Waals surface area contributed by atoms with Crippen LogP contribution in [-0.4, -0.2) is 35.5 Å². The highest BCUT2D eigenvalue weighted by Gasteiger charge is 2.15. The van der Waals surface area contributed by atoms with Gasteiger partial charge in [-0.15, -0.1) is 0 Å². The second kappa shape index (κ2) is 8.53. The molecule has 0 radical (unpaired) electrons. The summed E-state index contributed by atoms with van der Waals surface area (Å²) in [5, 5.41) is 0.461. The summed E-state index contributed by atoms with van der Waals surface area (Å²) in [4.78, 5) is 18.4. The van der Waals surface area contributed by atoms with Crippen molar-refractivity contribution in [1.29, 1.82) is 0 Å². The Labute approximate surface area is 142 Å². The van der Waals surface area contributed by atoms with Gasteiger partial charge in [0.2, 0.25) is 0 Å². The lowest BCUT2D eigenvalue weighted by Crippen LogP contribution is -2.32. The fraction of sp³-hybridized carbons (Fsp3) is 0.333. The molecule has 122 valence electrons. The molecule has 1 heterocycles. The molecule has 0 spiro atoms. The van der Waals surface area contributed by atoms with E-state index in [9.17, 15) is 4.79 Å². The molecule has 0 fully saturated rings. The Balaban J connectivity index is 2.05. The number of amides is 1. The fourth-order valence-corrected chi connectivity index (χ4v) is 2.54. The number of aromatic nitrogens is 1. The summed E-state index contributed by atoms with van der Waals surface area (Å²) in [5.74, 6) is 0.581. The number of likely N-dealkylation sites (N-methyl/N-ethyl adjacent to an activating group) is 1.